The SMILES string of the molecule is CCOC(=O)C1=NN[C@H](c2ccc(C)cc2)C1. The van der Waals surface area contributed by atoms with E-state index in [1.165, 1.54) is 5.56 Å². The number of rotatable bonds is 3. The molecule has 1 aromatic carbocycles. The molecule has 1 atom stereocenters. The minimum Gasteiger partial charge on any atom is -0.461 e. The highest BCUT2D eigenvalue weighted by Gasteiger charge is 2.25. The molecule has 0 amide bonds. The molecule has 1 aliphatic heterocycles. The summed E-state index contributed by atoms with van der Waals surface area (Å²) >= 11 is 0. The average molecular weight is 232 g/mol. The molecule has 1 aromatic rings. The van der Waals surface area contributed by atoms with E-state index in [9.17, 15) is 4.79 Å². The van der Waals surface area contributed by atoms with Gasteiger partial charge in [0.25, 0.3) is 0 Å². The van der Waals surface area contributed by atoms with Crippen molar-refractivity contribution >= 4 is 11.7 Å². The summed E-state index contributed by atoms with van der Waals surface area (Å²) in [6, 6.07) is 8.29. The molecule has 0 aliphatic carbocycles. The molecule has 1 aliphatic rings. The van der Waals surface area contributed by atoms with Crippen molar-refractivity contribution < 1.29 is 9.53 Å². The number of nitrogens with one attached hydrogen (secondary N) is 1. The first-order chi connectivity index (χ1) is 8.20. The highest BCUT2D eigenvalue weighted by atomic mass is 16.5. The fourth-order valence-electron chi connectivity index (χ4n) is 1.77. The van der Waals surface area contributed by atoms with Crippen LogP contribution in [0.25, 0.3) is 0 Å². The van der Waals surface area contributed by atoms with Gasteiger partial charge in [-0.1, -0.05) is 29.8 Å². The predicted octanol–water partition coefficient (Wildman–Crippen LogP) is 1.95. The number of carbonyl (C=O) groups is 1. The van der Waals surface area contributed by atoms with Gasteiger partial charge in [0.15, 0.2) is 0 Å². The third-order valence-electron chi connectivity index (χ3n) is 2.74. The van der Waals surface area contributed by atoms with Crippen LogP contribution < -0.4 is 5.43 Å². The number of hydrogen-bond donors (Lipinski definition) is 1. The van der Waals surface area contributed by atoms with Gasteiger partial charge in [-0.25, -0.2) is 4.79 Å². The molecule has 90 valence electrons. The van der Waals surface area contributed by atoms with Crippen LogP contribution in [0.3, 0.4) is 0 Å². The van der Waals surface area contributed by atoms with Crippen LogP contribution in [0.2, 0.25) is 0 Å². The molecule has 0 saturated carbocycles. The minimum atomic E-state index is -0.324. The van der Waals surface area contributed by atoms with Gasteiger partial charge < -0.3 is 10.2 Å². The normalized spacial score (nSPS) is 18.5. The largest absolute Gasteiger partial charge is 0.461 e. The number of benzene rings is 1. The molecular weight excluding hydrogens is 216 g/mol. The Kier molecular flexibility index (Phi) is 3.42. The summed E-state index contributed by atoms with van der Waals surface area (Å²) in [5, 5.41) is 4.03. The van der Waals surface area contributed by atoms with Gasteiger partial charge in [-0.15, -0.1) is 0 Å². The number of carbonyl (C=O) groups excluding carboxylic acids is 1. The number of hydrogen-bond acceptors (Lipinski definition) is 4. The average Bonchev–Trinajstić information content (AvgIpc) is 2.80. The van der Waals surface area contributed by atoms with Crippen LogP contribution in [0.5, 0.6) is 0 Å². The summed E-state index contributed by atoms with van der Waals surface area (Å²) in [4.78, 5) is 11.5. The van der Waals surface area contributed by atoms with Crippen molar-refractivity contribution in [2.24, 2.45) is 5.10 Å². The van der Waals surface area contributed by atoms with Crippen LogP contribution in [0, 0.1) is 6.92 Å². The number of ether oxygens (including phenoxy) is 1. The molecule has 0 fully saturated rings. The number of aryl methyl sites for hydroxylation is 1. The van der Waals surface area contributed by atoms with Crippen molar-refractivity contribution in [3.05, 3.63) is 35.4 Å². The van der Waals surface area contributed by atoms with E-state index in [4.69, 9.17) is 4.74 Å². The van der Waals surface area contributed by atoms with E-state index >= 15 is 0 Å². The molecule has 0 unspecified atom stereocenters. The quantitative estimate of drug-likeness (QED) is 0.810. The maximum atomic E-state index is 11.5. The van der Waals surface area contributed by atoms with Gasteiger partial charge in [0, 0.05) is 6.42 Å². The zero-order valence-corrected chi connectivity index (χ0v) is 10.1. The van der Waals surface area contributed by atoms with Crippen LogP contribution in [-0.2, 0) is 9.53 Å². The Morgan fingerprint density at radius 3 is 2.82 bits per heavy atom. The van der Waals surface area contributed by atoms with Gasteiger partial charge in [0.1, 0.15) is 5.71 Å². The van der Waals surface area contributed by atoms with Gasteiger partial charge in [-0.2, -0.15) is 5.10 Å². The smallest absolute Gasteiger partial charge is 0.354 e. The molecular formula is C13H16N2O2. The summed E-state index contributed by atoms with van der Waals surface area (Å²) in [5.41, 5.74) is 5.80. The lowest BCUT2D eigenvalue weighted by atomic mass is 10.0. The van der Waals surface area contributed by atoms with Crippen molar-refractivity contribution in [1.29, 1.82) is 0 Å². The second-order valence-corrected chi connectivity index (χ2v) is 4.08. The highest BCUT2D eigenvalue weighted by molar-refractivity contribution is 6.36. The standard InChI is InChI=1S/C13H16N2O2/c1-3-17-13(16)12-8-11(14-15-12)10-6-4-9(2)5-7-10/h4-7,11,14H,3,8H2,1-2H3/t11-/m0/s1. The third kappa shape index (κ3) is 2.64. The Bertz CT molecular complexity index is 437. The first kappa shape index (κ1) is 11.6. The van der Waals surface area contributed by atoms with Crippen molar-refractivity contribution in [2.75, 3.05) is 6.61 Å². The summed E-state index contributed by atoms with van der Waals surface area (Å²) in [6.45, 7) is 4.22. The van der Waals surface area contributed by atoms with Crippen molar-refractivity contribution in [3.8, 4) is 0 Å². The van der Waals surface area contributed by atoms with Gasteiger partial charge in [-0.3, -0.25) is 0 Å². The molecule has 4 nitrogen and oxygen atoms in total. The zero-order chi connectivity index (χ0) is 12.3. The maximum absolute atomic E-state index is 11.5. The fourth-order valence-corrected chi connectivity index (χ4v) is 1.77. The van der Waals surface area contributed by atoms with Crippen LogP contribution in [-0.4, -0.2) is 18.3 Å². The summed E-state index contributed by atoms with van der Waals surface area (Å²) in [5.74, 6) is -0.324. The lowest BCUT2D eigenvalue weighted by Crippen LogP contribution is -2.16. The lowest BCUT2D eigenvalue weighted by molar-refractivity contribution is -0.135. The molecule has 17 heavy (non-hydrogen) atoms. The van der Waals surface area contributed by atoms with Gasteiger partial charge in [-0.05, 0) is 19.4 Å². The number of esters is 1. The highest BCUT2D eigenvalue weighted by Crippen LogP contribution is 2.22. The van der Waals surface area contributed by atoms with Gasteiger partial charge in [0.2, 0.25) is 0 Å². The number of hydrazone groups is 1. The maximum Gasteiger partial charge on any atom is 0.354 e. The molecule has 0 bridgehead atoms. The van der Waals surface area contributed by atoms with Crippen LogP contribution in [0.4, 0.5) is 0 Å². The summed E-state index contributed by atoms with van der Waals surface area (Å²) in [6.07, 6.45) is 0.585. The first-order valence-electron chi connectivity index (χ1n) is 5.76. The van der Waals surface area contributed by atoms with Crippen molar-refractivity contribution in [1.82, 2.24) is 5.43 Å². The van der Waals surface area contributed by atoms with E-state index in [1.54, 1.807) is 6.92 Å². The van der Waals surface area contributed by atoms with Crippen LogP contribution in [0.1, 0.15) is 30.5 Å². The molecule has 1 N–H and O–H groups in total. The molecule has 0 spiro atoms. The van der Waals surface area contributed by atoms with Crippen molar-refractivity contribution in [3.63, 3.8) is 0 Å². The van der Waals surface area contributed by atoms with E-state index in [0.29, 0.717) is 18.7 Å². The first-order valence-corrected chi connectivity index (χ1v) is 5.76. The summed E-state index contributed by atoms with van der Waals surface area (Å²) in [7, 11) is 0. The second-order valence-electron chi connectivity index (χ2n) is 4.08. The predicted molar refractivity (Wildman–Crippen MR) is 65.7 cm³/mol. The summed E-state index contributed by atoms with van der Waals surface area (Å²) < 4.78 is 4.92. The molecule has 2 rings (SSSR count). The van der Waals surface area contributed by atoms with E-state index < -0.39 is 0 Å². The van der Waals surface area contributed by atoms with Gasteiger partial charge in [0.05, 0.1) is 12.6 Å². The Morgan fingerprint density at radius 2 is 2.18 bits per heavy atom. The monoisotopic (exact) mass is 232 g/mol. The number of nitrogens with zero attached hydrogens (tertiary/aromatic N) is 1. The lowest BCUT2D eigenvalue weighted by Gasteiger charge is -2.09. The Morgan fingerprint density at radius 1 is 1.47 bits per heavy atom. The van der Waals surface area contributed by atoms with E-state index in [0.717, 1.165) is 5.56 Å². The minimum absolute atomic E-state index is 0.0787. The Hall–Kier alpha value is -1.84. The second kappa shape index (κ2) is 4.99. The van der Waals surface area contributed by atoms with Crippen LogP contribution in [0.15, 0.2) is 29.4 Å². The topological polar surface area (TPSA) is 50.7 Å². The Balaban J connectivity index is 2.00. The zero-order valence-electron chi connectivity index (χ0n) is 10.1. The molecule has 0 radical (unpaired) electrons. The van der Waals surface area contributed by atoms with Crippen LogP contribution >= 0.6 is 0 Å². The molecule has 0 aromatic heterocycles. The molecule has 0 saturated heterocycles. The van der Waals surface area contributed by atoms with Crippen molar-refractivity contribution in [2.45, 2.75) is 26.3 Å². The third-order valence-corrected chi connectivity index (χ3v) is 2.74. The molecule has 4 heteroatoms. The fraction of sp³-hybridized carbons (Fsp3) is 0.385. The van der Waals surface area contributed by atoms with Gasteiger partial charge >= 0.3 is 5.97 Å². The van der Waals surface area contributed by atoms with E-state index in [2.05, 4.69) is 34.8 Å². The molecule has 1 heterocycles. The van der Waals surface area contributed by atoms with E-state index in [1.807, 2.05) is 6.92 Å². The van der Waals surface area contributed by atoms with E-state index in [-0.39, 0.29) is 12.0 Å². The Labute approximate surface area is 101 Å².